The molecule has 0 radical (unpaired) electrons. The van der Waals surface area contributed by atoms with Crippen LogP contribution in [0.15, 0.2) is 48.5 Å². The molecule has 0 spiro atoms. The van der Waals surface area contributed by atoms with Gasteiger partial charge in [-0.2, -0.15) is 0 Å². The Morgan fingerprint density at radius 1 is 1.08 bits per heavy atom. The summed E-state index contributed by atoms with van der Waals surface area (Å²) in [5.74, 6) is -0.205. The van der Waals surface area contributed by atoms with Gasteiger partial charge in [0.25, 0.3) is 5.91 Å². The molecule has 2 amide bonds. The molecule has 1 aliphatic carbocycles. The maximum Gasteiger partial charge on any atom is 0.251 e. The van der Waals surface area contributed by atoms with Gasteiger partial charge in [0.1, 0.15) is 5.82 Å². The summed E-state index contributed by atoms with van der Waals surface area (Å²) in [6.45, 7) is 4.60. The zero-order chi connectivity index (χ0) is 25.5. The lowest BCUT2D eigenvalue weighted by Crippen LogP contribution is -2.53. The zero-order valence-corrected chi connectivity index (χ0v) is 21.8. The third kappa shape index (κ3) is 7.30. The second-order valence-corrected chi connectivity index (χ2v) is 11.0. The molecule has 4 rings (SSSR count). The van der Waals surface area contributed by atoms with Gasteiger partial charge in [-0.25, -0.2) is 4.39 Å². The van der Waals surface area contributed by atoms with Crippen LogP contribution in [0.1, 0.15) is 80.3 Å². The van der Waals surface area contributed by atoms with Crippen LogP contribution in [-0.2, 0) is 4.79 Å². The fourth-order valence-electron chi connectivity index (χ4n) is 5.35. The van der Waals surface area contributed by atoms with Crippen molar-refractivity contribution in [3.63, 3.8) is 0 Å². The largest absolute Gasteiger partial charge is 0.349 e. The quantitative estimate of drug-likeness (QED) is 0.462. The Labute approximate surface area is 218 Å². The fraction of sp³-hybridized carbons (Fsp3) is 0.517. The first-order valence-corrected chi connectivity index (χ1v) is 13.6. The molecule has 0 bridgehead atoms. The van der Waals surface area contributed by atoms with E-state index in [2.05, 4.69) is 22.5 Å². The van der Waals surface area contributed by atoms with Gasteiger partial charge < -0.3 is 15.5 Å². The minimum atomic E-state index is -0.283. The molecule has 7 heteroatoms. The van der Waals surface area contributed by atoms with Crippen molar-refractivity contribution in [1.82, 2.24) is 15.5 Å². The molecule has 1 atom stereocenters. The standard InChI is InChI=1S/C29H37ClFN3O2/c1-29(33-28(36)22-10-12-24(30)13-11-22)15-18-34(19-16-29)17-14-26(23-8-5-9-25(31)20-23)32-27(35)21-6-3-2-4-7-21/h5,8-13,20-21,26H,2-4,6-7,14-19H2,1H3,(H,32,35)(H,33,36)/t26-/m0/s1. The number of halogens is 2. The van der Waals surface area contributed by atoms with Crippen molar-refractivity contribution >= 4 is 23.4 Å². The molecule has 2 N–H and O–H groups in total. The summed E-state index contributed by atoms with van der Waals surface area (Å²) in [7, 11) is 0. The molecule has 2 aromatic rings. The van der Waals surface area contributed by atoms with E-state index in [1.165, 1.54) is 18.6 Å². The molecule has 5 nitrogen and oxygen atoms in total. The summed E-state index contributed by atoms with van der Waals surface area (Å²) in [5.41, 5.74) is 1.15. The lowest BCUT2D eigenvalue weighted by molar-refractivity contribution is -0.126. The fourth-order valence-corrected chi connectivity index (χ4v) is 5.48. The average Bonchev–Trinajstić information content (AvgIpc) is 2.88. The summed E-state index contributed by atoms with van der Waals surface area (Å²) in [6.07, 6.45) is 7.67. The molecule has 1 aliphatic heterocycles. The van der Waals surface area contributed by atoms with E-state index in [0.29, 0.717) is 10.6 Å². The molecule has 0 aromatic heterocycles. The molecule has 2 fully saturated rings. The van der Waals surface area contributed by atoms with E-state index >= 15 is 0 Å². The molecule has 2 aromatic carbocycles. The first kappa shape index (κ1) is 26.6. The highest BCUT2D eigenvalue weighted by Gasteiger charge is 2.32. The van der Waals surface area contributed by atoms with Crippen LogP contribution in [0.25, 0.3) is 0 Å². The highest BCUT2D eigenvalue weighted by molar-refractivity contribution is 6.30. The topological polar surface area (TPSA) is 61.4 Å². The Morgan fingerprint density at radius 3 is 2.44 bits per heavy atom. The van der Waals surface area contributed by atoms with Crippen LogP contribution in [0.3, 0.4) is 0 Å². The third-order valence-corrected chi connectivity index (χ3v) is 8.01. The number of nitrogens with one attached hydrogen (secondary N) is 2. The first-order valence-electron chi connectivity index (χ1n) is 13.2. The number of carbonyl (C=O) groups is 2. The van der Waals surface area contributed by atoms with Crippen LogP contribution in [0.5, 0.6) is 0 Å². The van der Waals surface area contributed by atoms with E-state index in [4.69, 9.17) is 11.6 Å². The monoisotopic (exact) mass is 513 g/mol. The Bertz CT molecular complexity index is 1030. The van der Waals surface area contributed by atoms with Crippen molar-refractivity contribution in [2.75, 3.05) is 19.6 Å². The summed E-state index contributed by atoms with van der Waals surface area (Å²) in [4.78, 5) is 28.1. The van der Waals surface area contributed by atoms with Crippen LogP contribution in [0.2, 0.25) is 5.02 Å². The van der Waals surface area contributed by atoms with E-state index in [-0.39, 0.29) is 35.1 Å². The van der Waals surface area contributed by atoms with Crippen LogP contribution >= 0.6 is 11.6 Å². The molecule has 2 aliphatic rings. The van der Waals surface area contributed by atoms with Gasteiger partial charge in [-0.05, 0) is 81.0 Å². The van der Waals surface area contributed by atoms with Crippen LogP contribution < -0.4 is 10.6 Å². The van der Waals surface area contributed by atoms with E-state index in [1.807, 2.05) is 6.07 Å². The van der Waals surface area contributed by atoms with Crippen molar-refractivity contribution in [3.8, 4) is 0 Å². The van der Waals surface area contributed by atoms with Crippen LogP contribution in [0, 0.1) is 11.7 Å². The van der Waals surface area contributed by atoms with Gasteiger partial charge >= 0.3 is 0 Å². The van der Waals surface area contributed by atoms with Crippen molar-refractivity contribution in [3.05, 3.63) is 70.5 Å². The maximum absolute atomic E-state index is 14.0. The molecular formula is C29H37ClFN3O2. The van der Waals surface area contributed by atoms with E-state index in [9.17, 15) is 14.0 Å². The Morgan fingerprint density at radius 2 is 1.78 bits per heavy atom. The van der Waals surface area contributed by atoms with Gasteiger partial charge in [0.05, 0.1) is 6.04 Å². The van der Waals surface area contributed by atoms with Gasteiger partial charge in [0.2, 0.25) is 5.91 Å². The Balaban J connectivity index is 1.32. The highest BCUT2D eigenvalue weighted by Crippen LogP contribution is 2.27. The number of hydrogen-bond acceptors (Lipinski definition) is 3. The van der Waals surface area contributed by atoms with Crippen LogP contribution in [-0.4, -0.2) is 41.9 Å². The predicted octanol–water partition coefficient (Wildman–Crippen LogP) is 5.89. The van der Waals surface area contributed by atoms with Gasteiger partial charge in [-0.15, -0.1) is 0 Å². The van der Waals surface area contributed by atoms with Crippen molar-refractivity contribution < 1.29 is 14.0 Å². The molecule has 1 heterocycles. The van der Waals surface area contributed by atoms with Crippen molar-refractivity contribution in [1.29, 1.82) is 0 Å². The molecule has 36 heavy (non-hydrogen) atoms. The van der Waals surface area contributed by atoms with Gasteiger partial charge in [-0.3, -0.25) is 9.59 Å². The lowest BCUT2D eigenvalue weighted by atomic mass is 9.88. The summed E-state index contributed by atoms with van der Waals surface area (Å²) in [6, 6.07) is 13.3. The van der Waals surface area contributed by atoms with Crippen molar-refractivity contribution in [2.45, 2.75) is 69.9 Å². The highest BCUT2D eigenvalue weighted by atomic mass is 35.5. The van der Waals surface area contributed by atoms with E-state index < -0.39 is 0 Å². The number of hydrogen-bond donors (Lipinski definition) is 2. The molecule has 194 valence electrons. The molecule has 1 saturated heterocycles. The Kier molecular flexibility index (Phi) is 9.02. The Hall–Kier alpha value is -2.44. The minimum Gasteiger partial charge on any atom is -0.349 e. The van der Waals surface area contributed by atoms with E-state index in [0.717, 1.165) is 70.1 Å². The number of benzene rings is 2. The smallest absolute Gasteiger partial charge is 0.251 e. The third-order valence-electron chi connectivity index (χ3n) is 7.76. The maximum atomic E-state index is 14.0. The first-order chi connectivity index (χ1) is 17.3. The van der Waals surface area contributed by atoms with Crippen LogP contribution in [0.4, 0.5) is 4.39 Å². The summed E-state index contributed by atoms with van der Waals surface area (Å²) >= 11 is 5.94. The molecule has 0 unspecified atom stereocenters. The number of nitrogens with zero attached hydrogens (tertiary/aromatic N) is 1. The normalized spacial score (nSPS) is 19.4. The van der Waals surface area contributed by atoms with Gasteiger partial charge in [0, 0.05) is 41.7 Å². The van der Waals surface area contributed by atoms with Gasteiger partial charge in [0.15, 0.2) is 0 Å². The number of piperidine rings is 1. The number of amides is 2. The molecule has 1 saturated carbocycles. The minimum absolute atomic E-state index is 0.0646. The number of carbonyl (C=O) groups excluding carboxylic acids is 2. The second-order valence-electron chi connectivity index (χ2n) is 10.6. The predicted molar refractivity (Wildman–Crippen MR) is 141 cm³/mol. The van der Waals surface area contributed by atoms with Gasteiger partial charge in [-0.1, -0.05) is 43.0 Å². The number of rotatable bonds is 8. The lowest BCUT2D eigenvalue weighted by Gasteiger charge is -2.40. The van der Waals surface area contributed by atoms with Crippen molar-refractivity contribution in [2.24, 2.45) is 5.92 Å². The average molecular weight is 514 g/mol. The summed E-state index contributed by atoms with van der Waals surface area (Å²) < 4.78 is 14.0. The van der Waals surface area contributed by atoms with E-state index in [1.54, 1.807) is 30.3 Å². The molecular weight excluding hydrogens is 477 g/mol. The summed E-state index contributed by atoms with van der Waals surface area (Å²) in [5, 5.41) is 7.05. The number of likely N-dealkylation sites (tertiary alicyclic amines) is 1. The SMILES string of the molecule is CC1(NC(=O)c2ccc(Cl)cc2)CCN(CC[C@H](NC(=O)C2CCCCC2)c2cccc(F)c2)CC1. The second kappa shape index (κ2) is 12.2. The zero-order valence-electron chi connectivity index (χ0n) is 21.1.